The summed E-state index contributed by atoms with van der Waals surface area (Å²) in [7, 11) is 0. The van der Waals surface area contributed by atoms with Crippen LogP contribution in [0.3, 0.4) is 0 Å². The maximum Gasteiger partial charge on any atom is 0.311 e. The first kappa shape index (κ1) is 25.2. The van der Waals surface area contributed by atoms with Crippen LogP contribution in [0.5, 0.6) is 23.0 Å². The van der Waals surface area contributed by atoms with Crippen molar-refractivity contribution in [1.29, 1.82) is 0 Å². The van der Waals surface area contributed by atoms with Crippen LogP contribution < -0.4 is 4.74 Å². The fourth-order valence-electron chi connectivity index (χ4n) is 3.56. The van der Waals surface area contributed by atoms with Crippen molar-refractivity contribution in [3.05, 3.63) is 47.5 Å². The lowest BCUT2D eigenvalue weighted by atomic mass is 10.0. The number of phenolic OH excluding ortho intramolecular Hbond substituents is 3. The minimum absolute atomic E-state index is 0.0582. The van der Waals surface area contributed by atoms with E-state index in [2.05, 4.69) is 6.92 Å². The molecule has 0 aliphatic heterocycles. The van der Waals surface area contributed by atoms with Crippen molar-refractivity contribution >= 4 is 11.8 Å². The number of ketones is 1. The van der Waals surface area contributed by atoms with Crippen LogP contribution in [0.4, 0.5) is 0 Å². The van der Waals surface area contributed by atoms with E-state index in [1.54, 1.807) is 0 Å². The van der Waals surface area contributed by atoms with E-state index in [1.807, 2.05) is 0 Å². The summed E-state index contributed by atoms with van der Waals surface area (Å²) >= 11 is 0. The topological polar surface area (TPSA) is 104 Å². The van der Waals surface area contributed by atoms with Gasteiger partial charge in [0.2, 0.25) is 0 Å². The van der Waals surface area contributed by atoms with E-state index in [0.29, 0.717) is 5.56 Å². The summed E-state index contributed by atoms with van der Waals surface area (Å²) in [6, 6.07) is 7.99. The number of carbonyl (C=O) groups is 2. The normalized spacial score (nSPS) is 10.8. The number of aromatic hydroxyl groups is 3. The molecule has 0 saturated heterocycles. The molecule has 2 aromatic rings. The minimum Gasteiger partial charge on any atom is -0.508 e. The molecule has 0 amide bonds. The number of rotatable bonds is 14. The van der Waals surface area contributed by atoms with Crippen molar-refractivity contribution in [3.63, 3.8) is 0 Å². The monoisotopic (exact) mass is 442 g/mol. The summed E-state index contributed by atoms with van der Waals surface area (Å²) in [6.45, 7) is 2.21. The lowest BCUT2D eigenvalue weighted by molar-refractivity contribution is -0.134. The van der Waals surface area contributed by atoms with Gasteiger partial charge in [0, 0.05) is 30.5 Å². The number of carbonyl (C=O) groups excluding carboxylic acids is 2. The predicted molar refractivity (Wildman–Crippen MR) is 123 cm³/mol. The highest BCUT2D eigenvalue weighted by Crippen LogP contribution is 2.29. The highest BCUT2D eigenvalue weighted by molar-refractivity contribution is 6.00. The van der Waals surface area contributed by atoms with Crippen molar-refractivity contribution < 1.29 is 29.6 Å². The Morgan fingerprint density at radius 1 is 0.781 bits per heavy atom. The van der Waals surface area contributed by atoms with Gasteiger partial charge in [0.05, 0.1) is 5.56 Å². The average Bonchev–Trinajstić information content (AvgIpc) is 2.74. The molecule has 32 heavy (non-hydrogen) atoms. The molecule has 0 aliphatic rings. The molecule has 0 atom stereocenters. The highest BCUT2D eigenvalue weighted by atomic mass is 16.5. The predicted octanol–water partition coefficient (Wildman–Crippen LogP) is 6.06. The first-order valence-corrected chi connectivity index (χ1v) is 11.5. The van der Waals surface area contributed by atoms with Crippen LogP contribution in [-0.4, -0.2) is 27.1 Å². The number of ether oxygens (including phenoxy) is 1. The van der Waals surface area contributed by atoms with Gasteiger partial charge in [-0.25, -0.2) is 0 Å². The standard InChI is InChI=1S/C26H34O6/c1-2-3-4-5-6-7-8-9-10-11-26(31)32-25-18-21(28)13-12-19(25)16-23(29)22-15-14-20(27)17-24(22)30/h12-15,17-18,27-28,30H,2-11,16H2,1H3. The van der Waals surface area contributed by atoms with Gasteiger partial charge in [-0.3, -0.25) is 9.59 Å². The fraction of sp³-hybridized carbons (Fsp3) is 0.462. The summed E-state index contributed by atoms with van der Waals surface area (Å²) in [5.41, 5.74) is 0.489. The first-order valence-electron chi connectivity index (χ1n) is 11.5. The van der Waals surface area contributed by atoms with E-state index in [4.69, 9.17) is 4.74 Å². The number of unbranched alkanes of at least 4 members (excludes halogenated alkanes) is 8. The Hall–Kier alpha value is -3.02. The molecule has 6 heteroatoms. The van der Waals surface area contributed by atoms with Crippen LogP contribution in [0.15, 0.2) is 36.4 Å². The molecule has 3 N–H and O–H groups in total. The Kier molecular flexibility index (Phi) is 10.6. The molecular formula is C26H34O6. The third kappa shape index (κ3) is 8.61. The van der Waals surface area contributed by atoms with Crippen LogP contribution in [0.1, 0.15) is 87.1 Å². The molecule has 2 rings (SSSR count). The van der Waals surface area contributed by atoms with Gasteiger partial charge in [0.15, 0.2) is 5.78 Å². The number of benzene rings is 2. The molecule has 0 unspecified atom stereocenters. The maximum atomic E-state index is 12.6. The number of Topliss-reactive ketones (excluding diaryl/α,β-unsaturated/α-hetero) is 1. The second-order valence-corrected chi connectivity index (χ2v) is 8.15. The summed E-state index contributed by atoms with van der Waals surface area (Å²) in [5.74, 6) is -1.20. The lowest BCUT2D eigenvalue weighted by Crippen LogP contribution is -2.11. The number of hydrogen-bond acceptors (Lipinski definition) is 6. The van der Waals surface area contributed by atoms with Crippen LogP contribution in [-0.2, 0) is 11.2 Å². The lowest BCUT2D eigenvalue weighted by Gasteiger charge is -2.11. The van der Waals surface area contributed by atoms with Crippen LogP contribution >= 0.6 is 0 Å². The van der Waals surface area contributed by atoms with Crippen LogP contribution in [0, 0.1) is 0 Å². The Balaban J connectivity index is 1.84. The van der Waals surface area contributed by atoms with E-state index in [0.717, 1.165) is 25.3 Å². The fourth-order valence-corrected chi connectivity index (χ4v) is 3.56. The Bertz CT molecular complexity index is 890. The zero-order chi connectivity index (χ0) is 23.3. The van der Waals surface area contributed by atoms with Gasteiger partial charge in [-0.1, -0.05) is 64.4 Å². The second-order valence-electron chi connectivity index (χ2n) is 8.15. The van der Waals surface area contributed by atoms with E-state index < -0.39 is 11.8 Å². The van der Waals surface area contributed by atoms with Gasteiger partial charge in [0.1, 0.15) is 23.0 Å². The Labute approximate surface area is 189 Å². The van der Waals surface area contributed by atoms with Gasteiger partial charge in [-0.05, 0) is 24.6 Å². The smallest absolute Gasteiger partial charge is 0.311 e. The van der Waals surface area contributed by atoms with Gasteiger partial charge >= 0.3 is 5.97 Å². The van der Waals surface area contributed by atoms with E-state index in [9.17, 15) is 24.9 Å². The maximum absolute atomic E-state index is 12.6. The highest BCUT2D eigenvalue weighted by Gasteiger charge is 2.17. The van der Waals surface area contributed by atoms with Gasteiger partial charge in [-0.15, -0.1) is 0 Å². The molecule has 0 radical (unpaired) electrons. The van der Waals surface area contributed by atoms with Gasteiger partial charge < -0.3 is 20.1 Å². The van der Waals surface area contributed by atoms with Crippen molar-refractivity contribution in [1.82, 2.24) is 0 Å². The first-order chi connectivity index (χ1) is 15.4. The molecule has 6 nitrogen and oxygen atoms in total. The molecule has 0 heterocycles. The quantitative estimate of drug-likeness (QED) is 0.142. The van der Waals surface area contributed by atoms with Crippen molar-refractivity contribution in [2.45, 2.75) is 77.6 Å². The van der Waals surface area contributed by atoms with E-state index >= 15 is 0 Å². The third-order valence-electron chi connectivity index (χ3n) is 5.39. The second kappa shape index (κ2) is 13.4. The Morgan fingerprint density at radius 2 is 1.38 bits per heavy atom. The zero-order valence-electron chi connectivity index (χ0n) is 18.8. The molecule has 2 aromatic carbocycles. The number of phenols is 3. The van der Waals surface area contributed by atoms with Crippen LogP contribution in [0.25, 0.3) is 0 Å². The molecule has 0 aromatic heterocycles. The Morgan fingerprint density at radius 3 is 2.03 bits per heavy atom. The minimum atomic E-state index is -0.403. The zero-order valence-corrected chi connectivity index (χ0v) is 18.8. The molecule has 0 spiro atoms. The summed E-state index contributed by atoms with van der Waals surface area (Å²) in [5, 5.41) is 29.1. The SMILES string of the molecule is CCCCCCCCCCCC(=O)Oc1cc(O)ccc1CC(=O)c1ccc(O)cc1O. The van der Waals surface area contributed by atoms with E-state index in [-0.39, 0.29) is 41.4 Å². The summed E-state index contributed by atoms with van der Waals surface area (Å²) < 4.78 is 5.43. The molecule has 0 bridgehead atoms. The third-order valence-corrected chi connectivity index (χ3v) is 5.39. The van der Waals surface area contributed by atoms with Gasteiger partial charge in [0.25, 0.3) is 0 Å². The molecular weight excluding hydrogens is 408 g/mol. The van der Waals surface area contributed by atoms with E-state index in [1.165, 1.54) is 68.9 Å². The average molecular weight is 443 g/mol. The molecule has 0 saturated carbocycles. The van der Waals surface area contributed by atoms with Crippen LogP contribution in [0.2, 0.25) is 0 Å². The van der Waals surface area contributed by atoms with Crippen molar-refractivity contribution in [3.8, 4) is 23.0 Å². The number of esters is 1. The molecule has 0 aliphatic carbocycles. The van der Waals surface area contributed by atoms with Crippen molar-refractivity contribution in [2.75, 3.05) is 0 Å². The summed E-state index contributed by atoms with van der Waals surface area (Å²) in [6.07, 6.45) is 10.5. The summed E-state index contributed by atoms with van der Waals surface area (Å²) in [4.78, 5) is 24.9. The molecule has 0 fully saturated rings. The largest absolute Gasteiger partial charge is 0.508 e. The van der Waals surface area contributed by atoms with Crippen molar-refractivity contribution in [2.24, 2.45) is 0 Å². The van der Waals surface area contributed by atoms with Gasteiger partial charge in [-0.2, -0.15) is 0 Å². The number of hydrogen-bond donors (Lipinski definition) is 3. The molecule has 174 valence electrons.